The van der Waals surface area contributed by atoms with Gasteiger partial charge in [0.1, 0.15) is 17.5 Å². The number of hydrogen-bond acceptors (Lipinski definition) is 6. The molecule has 0 radical (unpaired) electrons. The number of methoxy groups -OCH3 is 2. The van der Waals surface area contributed by atoms with Crippen molar-refractivity contribution in [2.45, 2.75) is 45.7 Å². The van der Waals surface area contributed by atoms with Crippen molar-refractivity contribution >= 4 is 27.5 Å². The number of ether oxygens (including phenoxy) is 2. The Hall–Kier alpha value is -3.27. The Balaban J connectivity index is 2.18. The molecule has 198 valence electrons. The maximum absolute atomic E-state index is 13.3. The van der Waals surface area contributed by atoms with Crippen molar-refractivity contribution in [3.63, 3.8) is 0 Å². The van der Waals surface area contributed by atoms with Crippen molar-refractivity contribution in [3.8, 4) is 11.5 Å². The minimum Gasteiger partial charge on any atom is -0.497 e. The first-order valence-corrected chi connectivity index (χ1v) is 13.8. The Kier molecular flexibility index (Phi) is 11.0. The molecular weight excluding hydrogens is 482 g/mol. The van der Waals surface area contributed by atoms with Crippen molar-refractivity contribution in [3.05, 3.63) is 54.1 Å². The third kappa shape index (κ3) is 8.15. The van der Waals surface area contributed by atoms with Crippen LogP contribution in [0.1, 0.15) is 38.7 Å². The molecule has 0 heterocycles. The predicted molar refractivity (Wildman–Crippen MR) is 141 cm³/mol. The van der Waals surface area contributed by atoms with Gasteiger partial charge < -0.3 is 19.7 Å². The van der Waals surface area contributed by atoms with E-state index in [0.717, 1.165) is 18.2 Å². The zero-order valence-electron chi connectivity index (χ0n) is 21.7. The van der Waals surface area contributed by atoms with Crippen molar-refractivity contribution < 1.29 is 27.5 Å². The molecule has 0 bridgehead atoms. The summed E-state index contributed by atoms with van der Waals surface area (Å²) < 4.78 is 36.8. The number of sulfonamides is 1. The molecule has 0 unspecified atom stereocenters. The number of rotatable bonds is 14. The molecule has 0 aliphatic heterocycles. The highest BCUT2D eigenvalue weighted by atomic mass is 32.2. The van der Waals surface area contributed by atoms with Gasteiger partial charge in [-0.3, -0.25) is 13.9 Å². The van der Waals surface area contributed by atoms with Crippen LogP contribution in [0.5, 0.6) is 11.5 Å². The number of carbonyl (C=O) groups is 2. The molecule has 10 heteroatoms. The lowest BCUT2D eigenvalue weighted by Crippen LogP contribution is -2.47. The van der Waals surface area contributed by atoms with Gasteiger partial charge in [0, 0.05) is 26.1 Å². The van der Waals surface area contributed by atoms with E-state index < -0.39 is 16.1 Å². The van der Waals surface area contributed by atoms with Crippen molar-refractivity contribution in [2.75, 3.05) is 37.9 Å². The van der Waals surface area contributed by atoms with Gasteiger partial charge in [-0.05, 0) is 49.6 Å². The molecule has 36 heavy (non-hydrogen) atoms. The molecule has 0 fully saturated rings. The quantitative estimate of drug-likeness (QED) is 0.411. The third-order valence-corrected chi connectivity index (χ3v) is 6.91. The number of carbonyl (C=O) groups excluding carboxylic acids is 2. The molecule has 9 nitrogen and oxygen atoms in total. The molecule has 0 aromatic heterocycles. The van der Waals surface area contributed by atoms with E-state index in [4.69, 9.17) is 9.47 Å². The van der Waals surface area contributed by atoms with Crippen molar-refractivity contribution in [1.82, 2.24) is 10.2 Å². The molecule has 0 saturated carbocycles. The maximum atomic E-state index is 13.3. The standard InChI is InChI=1S/C26H37N3O6S/c1-6-17-27-26(31)20(2)28(19-21-13-15-22(34-3)16-14-21)25(30)12-9-18-29(36(5,32)33)23-10-7-8-11-24(23)35-4/h7-8,10-11,13-16,20H,6,9,12,17-19H2,1-5H3,(H,27,31)/t20-/m0/s1. The number of nitrogens with zero attached hydrogens (tertiary/aromatic N) is 2. The van der Waals surface area contributed by atoms with Crippen LogP contribution < -0.4 is 19.1 Å². The Labute approximate surface area is 214 Å². The van der Waals surface area contributed by atoms with Crippen LogP contribution in [-0.2, 0) is 26.2 Å². The fourth-order valence-corrected chi connectivity index (χ4v) is 4.69. The van der Waals surface area contributed by atoms with Crippen LogP contribution in [0.4, 0.5) is 5.69 Å². The van der Waals surface area contributed by atoms with E-state index in [2.05, 4.69) is 5.32 Å². The van der Waals surface area contributed by atoms with Crippen LogP contribution in [0.15, 0.2) is 48.5 Å². The van der Waals surface area contributed by atoms with Crippen LogP contribution in [0, 0.1) is 0 Å². The fourth-order valence-electron chi connectivity index (χ4n) is 3.72. The smallest absolute Gasteiger partial charge is 0.242 e. The summed E-state index contributed by atoms with van der Waals surface area (Å²) in [4.78, 5) is 27.5. The summed E-state index contributed by atoms with van der Waals surface area (Å²) in [7, 11) is -0.555. The number of nitrogens with one attached hydrogen (secondary N) is 1. The summed E-state index contributed by atoms with van der Waals surface area (Å²) in [5.74, 6) is 0.656. The molecular formula is C26H37N3O6S. The lowest BCUT2D eigenvalue weighted by Gasteiger charge is -2.29. The van der Waals surface area contributed by atoms with E-state index in [1.165, 1.54) is 16.3 Å². The zero-order valence-corrected chi connectivity index (χ0v) is 22.5. The fraction of sp³-hybridized carbons (Fsp3) is 0.462. The van der Waals surface area contributed by atoms with Gasteiger partial charge in [0.05, 0.1) is 26.2 Å². The van der Waals surface area contributed by atoms with E-state index >= 15 is 0 Å². The maximum Gasteiger partial charge on any atom is 0.242 e. The van der Waals surface area contributed by atoms with Crippen LogP contribution in [-0.4, -0.2) is 64.7 Å². The average molecular weight is 520 g/mol. The first-order chi connectivity index (χ1) is 17.1. The lowest BCUT2D eigenvalue weighted by molar-refractivity contribution is -0.140. The number of amides is 2. The van der Waals surface area contributed by atoms with Crippen LogP contribution in [0.2, 0.25) is 0 Å². The Morgan fingerprint density at radius 1 is 1.03 bits per heavy atom. The van der Waals surface area contributed by atoms with E-state index in [1.807, 2.05) is 19.1 Å². The summed E-state index contributed by atoms with van der Waals surface area (Å²) in [6, 6.07) is 13.5. The number of hydrogen-bond donors (Lipinski definition) is 1. The molecule has 2 amide bonds. The molecule has 0 saturated heterocycles. The van der Waals surface area contributed by atoms with Gasteiger partial charge >= 0.3 is 0 Å². The second kappa shape index (κ2) is 13.7. The van der Waals surface area contributed by atoms with Gasteiger partial charge in [0.15, 0.2) is 0 Å². The molecule has 2 aromatic carbocycles. The summed E-state index contributed by atoms with van der Waals surface area (Å²) >= 11 is 0. The molecule has 0 aliphatic rings. The normalized spacial score (nSPS) is 11.9. The Morgan fingerprint density at radius 2 is 1.69 bits per heavy atom. The minimum atomic E-state index is -3.61. The Bertz CT molecular complexity index is 1100. The molecule has 0 spiro atoms. The molecule has 2 aromatic rings. The molecule has 1 N–H and O–H groups in total. The minimum absolute atomic E-state index is 0.0721. The monoisotopic (exact) mass is 519 g/mol. The van der Waals surface area contributed by atoms with Gasteiger partial charge in [-0.15, -0.1) is 0 Å². The van der Waals surface area contributed by atoms with Gasteiger partial charge in [-0.25, -0.2) is 8.42 Å². The first kappa shape index (κ1) is 29.0. The van der Waals surface area contributed by atoms with Gasteiger partial charge in [0.25, 0.3) is 0 Å². The number of para-hydroxylation sites is 2. The van der Waals surface area contributed by atoms with Crippen LogP contribution in [0.25, 0.3) is 0 Å². The van der Waals surface area contributed by atoms with E-state index in [-0.39, 0.29) is 37.7 Å². The van der Waals surface area contributed by atoms with E-state index in [0.29, 0.717) is 23.7 Å². The number of anilines is 1. The van der Waals surface area contributed by atoms with Gasteiger partial charge in [-0.1, -0.05) is 31.2 Å². The van der Waals surface area contributed by atoms with Crippen LogP contribution >= 0.6 is 0 Å². The largest absolute Gasteiger partial charge is 0.497 e. The van der Waals surface area contributed by atoms with E-state index in [9.17, 15) is 18.0 Å². The topological polar surface area (TPSA) is 105 Å². The summed E-state index contributed by atoms with van der Waals surface area (Å²) in [5, 5.41) is 2.85. The van der Waals surface area contributed by atoms with Crippen molar-refractivity contribution in [2.24, 2.45) is 0 Å². The highest BCUT2D eigenvalue weighted by Gasteiger charge is 2.27. The summed E-state index contributed by atoms with van der Waals surface area (Å²) in [5.41, 5.74) is 1.27. The number of benzene rings is 2. The molecule has 0 aliphatic carbocycles. The second-order valence-electron chi connectivity index (χ2n) is 8.45. The van der Waals surface area contributed by atoms with Gasteiger partial charge in [0.2, 0.25) is 21.8 Å². The SMILES string of the molecule is CCCNC(=O)[C@H](C)N(Cc1ccc(OC)cc1)C(=O)CCCN(c1ccccc1OC)S(C)(=O)=O. The molecule has 2 rings (SSSR count). The third-order valence-electron chi connectivity index (χ3n) is 5.73. The highest BCUT2D eigenvalue weighted by Crippen LogP contribution is 2.29. The average Bonchev–Trinajstić information content (AvgIpc) is 2.87. The predicted octanol–water partition coefficient (Wildman–Crippen LogP) is 3.19. The first-order valence-electron chi connectivity index (χ1n) is 11.9. The highest BCUT2D eigenvalue weighted by molar-refractivity contribution is 7.92. The van der Waals surface area contributed by atoms with E-state index in [1.54, 1.807) is 50.4 Å². The molecule has 1 atom stereocenters. The zero-order chi connectivity index (χ0) is 26.7. The van der Waals surface area contributed by atoms with Gasteiger partial charge in [-0.2, -0.15) is 0 Å². The Morgan fingerprint density at radius 3 is 2.28 bits per heavy atom. The van der Waals surface area contributed by atoms with Crippen molar-refractivity contribution in [1.29, 1.82) is 0 Å². The second-order valence-corrected chi connectivity index (χ2v) is 10.4. The summed E-state index contributed by atoms with van der Waals surface area (Å²) in [6.45, 7) is 4.52. The summed E-state index contributed by atoms with van der Waals surface area (Å²) in [6.07, 6.45) is 2.25. The van der Waals surface area contributed by atoms with Crippen LogP contribution in [0.3, 0.4) is 0 Å². The lowest BCUT2D eigenvalue weighted by atomic mass is 10.1.